The number of carbonyl (C=O) groups is 2. The van der Waals surface area contributed by atoms with E-state index in [1.165, 1.54) is 17.6 Å². The van der Waals surface area contributed by atoms with Gasteiger partial charge in [0.15, 0.2) is 5.78 Å². The van der Waals surface area contributed by atoms with Crippen molar-refractivity contribution in [3.05, 3.63) is 57.5 Å². The highest BCUT2D eigenvalue weighted by Gasteiger charge is 2.29. The molecule has 3 rings (SSSR count). The van der Waals surface area contributed by atoms with Gasteiger partial charge < -0.3 is 5.11 Å². The van der Waals surface area contributed by atoms with Crippen LogP contribution in [0.3, 0.4) is 0 Å². The minimum Gasteiger partial charge on any atom is -0.480 e. The molecule has 1 aromatic heterocycles. The van der Waals surface area contributed by atoms with Gasteiger partial charge in [-0.3, -0.25) is 14.2 Å². The maximum atomic E-state index is 12.4. The second kappa shape index (κ2) is 5.50. The fourth-order valence-corrected chi connectivity index (χ4v) is 3.19. The van der Waals surface area contributed by atoms with Crippen molar-refractivity contribution in [2.24, 2.45) is 0 Å². The summed E-state index contributed by atoms with van der Waals surface area (Å²) in [6.45, 7) is 3.42. The van der Waals surface area contributed by atoms with Crippen molar-refractivity contribution in [1.29, 1.82) is 0 Å². The van der Waals surface area contributed by atoms with Gasteiger partial charge in [-0.05, 0) is 43.9 Å². The van der Waals surface area contributed by atoms with E-state index >= 15 is 0 Å². The van der Waals surface area contributed by atoms with Crippen LogP contribution in [0.5, 0.6) is 0 Å². The minimum atomic E-state index is -0.987. The molecule has 0 fully saturated rings. The van der Waals surface area contributed by atoms with Crippen LogP contribution in [0.1, 0.15) is 41.0 Å². The van der Waals surface area contributed by atoms with E-state index in [0.717, 1.165) is 11.1 Å². The van der Waals surface area contributed by atoms with Crippen LogP contribution < -0.4 is 5.56 Å². The summed E-state index contributed by atoms with van der Waals surface area (Å²) in [5.41, 5.74) is 3.31. The first kappa shape index (κ1) is 15.2. The summed E-state index contributed by atoms with van der Waals surface area (Å²) >= 11 is 0. The van der Waals surface area contributed by atoms with Crippen LogP contribution in [-0.2, 0) is 11.2 Å². The van der Waals surface area contributed by atoms with E-state index in [0.29, 0.717) is 29.7 Å². The average molecular weight is 311 g/mol. The largest absolute Gasteiger partial charge is 0.480 e. The standard InChI is InChI=1S/C18H17NO4/c1-10-3-5-14(11(2)20)15(7-10)12-8-13-4-6-16(18(22)23)19(13)17(21)9-12/h3,5,7-9,16H,4,6H2,1-2H3,(H,22,23)/t16-/m0/s1. The Morgan fingerprint density at radius 3 is 2.61 bits per heavy atom. The molecule has 0 saturated heterocycles. The highest BCUT2D eigenvalue weighted by atomic mass is 16.4. The van der Waals surface area contributed by atoms with Crippen molar-refractivity contribution in [3.8, 4) is 11.1 Å². The number of benzene rings is 1. The maximum absolute atomic E-state index is 12.4. The zero-order valence-electron chi connectivity index (χ0n) is 13.0. The first-order chi connectivity index (χ1) is 10.9. The molecule has 1 aliphatic rings. The molecule has 118 valence electrons. The Labute approximate surface area is 133 Å². The number of carbonyl (C=O) groups excluding carboxylic acids is 1. The lowest BCUT2D eigenvalue weighted by Gasteiger charge is -2.13. The molecule has 1 N–H and O–H groups in total. The Hall–Kier alpha value is -2.69. The predicted molar refractivity (Wildman–Crippen MR) is 85.9 cm³/mol. The summed E-state index contributed by atoms with van der Waals surface area (Å²) in [5.74, 6) is -1.05. The van der Waals surface area contributed by atoms with E-state index in [4.69, 9.17) is 0 Å². The van der Waals surface area contributed by atoms with Crippen molar-refractivity contribution in [1.82, 2.24) is 4.57 Å². The molecule has 1 aromatic carbocycles. The van der Waals surface area contributed by atoms with Crippen molar-refractivity contribution in [2.75, 3.05) is 0 Å². The highest BCUT2D eigenvalue weighted by Crippen LogP contribution is 2.30. The van der Waals surface area contributed by atoms with Gasteiger partial charge in [-0.1, -0.05) is 23.8 Å². The number of ketones is 1. The summed E-state index contributed by atoms with van der Waals surface area (Å²) in [5, 5.41) is 9.22. The van der Waals surface area contributed by atoms with E-state index in [-0.39, 0.29) is 11.3 Å². The highest BCUT2D eigenvalue weighted by molar-refractivity contribution is 6.01. The number of pyridine rings is 1. The molecule has 23 heavy (non-hydrogen) atoms. The summed E-state index contributed by atoms with van der Waals surface area (Å²) < 4.78 is 1.34. The fourth-order valence-electron chi connectivity index (χ4n) is 3.19. The third-order valence-electron chi connectivity index (χ3n) is 4.28. The lowest BCUT2D eigenvalue weighted by Crippen LogP contribution is -2.27. The molecule has 1 aliphatic heterocycles. The number of hydrogen-bond acceptors (Lipinski definition) is 3. The van der Waals surface area contributed by atoms with E-state index in [9.17, 15) is 19.5 Å². The van der Waals surface area contributed by atoms with Crippen LogP contribution in [0.2, 0.25) is 0 Å². The molecule has 5 nitrogen and oxygen atoms in total. The van der Waals surface area contributed by atoms with Gasteiger partial charge in [-0.15, -0.1) is 0 Å². The molecule has 0 aliphatic carbocycles. The van der Waals surface area contributed by atoms with Gasteiger partial charge in [-0.25, -0.2) is 4.79 Å². The number of aryl methyl sites for hydroxylation is 2. The molecule has 0 bridgehead atoms. The molecule has 5 heteroatoms. The number of aliphatic carboxylic acids is 1. The second-order valence-electron chi connectivity index (χ2n) is 5.94. The van der Waals surface area contributed by atoms with Gasteiger partial charge in [-0.2, -0.15) is 0 Å². The van der Waals surface area contributed by atoms with Crippen LogP contribution in [0.25, 0.3) is 11.1 Å². The molecule has 0 spiro atoms. The van der Waals surface area contributed by atoms with Crippen molar-refractivity contribution < 1.29 is 14.7 Å². The lowest BCUT2D eigenvalue weighted by molar-refractivity contribution is -0.140. The smallest absolute Gasteiger partial charge is 0.326 e. The molecule has 1 atom stereocenters. The van der Waals surface area contributed by atoms with Gasteiger partial charge in [0.05, 0.1) is 0 Å². The third-order valence-corrected chi connectivity index (χ3v) is 4.28. The Kier molecular flexibility index (Phi) is 3.64. The SMILES string of the molecule is CC(=O)c1ccc(C)cc1-c1cc2n(c(=O)c1)[C@H](C(=O)O)CC2. The molecule has 2 heterocycles. The molecule has 2 aromatic rings. The molecule has 0 radical (unpaired) electrons. The normalized spacial score (nSPS) is 16.2. The first-order valence-electron chi connectivity index (χ1n) is 7.48. The summed E-state index contributed by atoms with van der Waals surface area (Å²) in [6, 6.07) is 7.96. The Balaban J connectivity index is 2.20. The molecular formula is C18H17NO4. The predicted octanol–water partition coefficient (Wildman–Crippen LogP) is 2.60. The van der Waals surface area contributed by atoms with Crippen LogP contribution in [0, 0.1) is 6.92 Å². The average Bonchev–Trinajstić information content (AvgIpc) is 2.91. The van der Waals surface area contributed by atoms with Crippen molar-refractivity contribution >= 4 is 11.8 Å². The van der Waals surface area contributed by atoms with Crippen LogP contribution in [0.4, 0.5) is 0 Å². The third kappa shape index (κ3) is 2.59. The summed E-state index contributed by atoms with van der Waals surface area (Å²) in [7, 11) is 0. The number of aromatic nitrogens is 1. The first-order valence-corrected chi connectivity index (χ1v) is 7.48. The van der Waals surface area contributed by atoms with E-state index in [2.05, 4.69) is 0 Å². The second-order valence-corrected chi connectivity index (χ2v) is 5.94. The number of fused-ring (bicyclic) bond motifs is 1. The molecular weight excluding hydrogens is 294 g/mol. The molecule has 0 saturated carbocycles. The van der Waals surface area contributed by atoms with E-state index in [1.54, 1.807) is 6.07 Å². The zero-order valence-corrected chi connectivity index (χ0v) is 13.0. The molecule has 0 unspecified atom stereocenters. The van der Waals surface area contributed by atoms with Crippen LogP contribution >= 0.6 is 0 Å². The maximum Gasteiger partial charge on any atom is 0.326 e. The minimum absolute atomic E-state index is 0.0657. The van der Waals surface area contributed by atoms with E-state index in [1.807, 2.05) is 25.1 Å². The van der Waals surface area contributed by atoms with Gasteiger partial charge in [0, 0.05) is 17.3 Å². The number of carboxylic acid groups (broad SMARTS) is 1. The number of hydrogen-bond donors (Lipinski definition) is 1. The van der Waals surface area contributed by atoms with Crippen molar-refractivity contribution in [3.63, 3.8) is 0 Å². The Morgan fingerprint density at radius 2 is 1.96 bits per heavy atom. The number of rotatable bonds is 3. The monoisotopic (exact) mass is 311 g/mol. The van der Waals surface area contributed by atoms with Crippen LogP contribution in [-0.4, -0.2) is 21.4 Å². The summed E-state index contributed by atoms with van der Waals surface area (Å²) in [6.07, 6.45) is 0.961. The zero-order chi connectivity index (χ0) is 16.7. The van der Waals surface area contributed by atoms with Crippen molar-refractivity contribution in [2.45, 2.75) is 32.7 Å². The molecule has 0 amide bonds. The van der Waals surface area contributed by atoms with Crippen LogP contribution in [0.15, 0.2) is 35.1 Å². The van der Waals surface area contributed by atoms with E-state index < -0.39 is 12.0 Å². The number of nitrogens with zero attached hydrogens (tertiary/aromatic N) is 1. The Morgan fingerprint density at radius 1 is 1.22 bits per heavy atom. The van der Waals surface area contributed by atoms with Gasteiger partial charge >= 0.3 is 5.97 Å². The number of carboxylic acids is 1. The Bertz CT molecular complexity index is 879. The fraction of sp³-hybridized carbons (Fsp3) is 0.278. The topological polar surface area (TPSA) is 76.4 Å². The van der Waals surface area contributed by atoms with Gasteiger partial charge in [0.2, 0.25) is 0 Å². The van der Waals surface area contributed by atoms with Gasteiger partial charge in [0.1, 0.15) is 6.04 Å². The summed E-state index contributed by atoms with van der Waals surface area (Å²) in [4.78, 5) is 35.5. The number of Topliss-reactive ketones (excluding diaryl/α,β-unsaturated/α-hetero) is 1. The quantitative estimate of drug-likeness (QED) is 0.884. The van der Waals surface area contributed by atoms with Gasteiger partial charge in [0.25, 0.3) is 5.56 Å². The lowest BCUT2D eigenvalue weighted by atomic mass is 9.95.